The second kappa shape index (κ2) is 5.09. The Kier molecular flexibility index (Phi) is 3.32. The van der Waals surface area contributed by atoms with E-state index in [1.807, 2.05) is 0 Å². The van der Waals surface area contributed by atoms with Crippen LogP contribution in [0.3, 0.4) is 0 Å². The van der Waals surface area contributed by atoms with E-state index in [0.717, 1.165) is 25.6 Å². The van der Waals surface area contributed by atoms with Gasteiger partial charge >= 0.3 is 0 Å². The molecule has 3 rings (SSSR count). The molecule has 0 aromatic heterocycles. The van der Waals surface area contributed by atoms with Crippen molar-refractivity contribution in [2.24, 2.45) is 0 Å². The maximum absolute atomic E-state index is 5.97. The minimum absolute atomic E-state index is 0.733. The molecule has 1 saturated carbocycles. The Morgan fingerprint density at radius 2 is 2.00 bits per heavy atom. The van der Waals surface area contributed by atoms with Gasteiger partial charge in [0.15, 0.2) is 0 Å². The molecule has 2 nitrogen and oxygen atoms in total. The Morgan fingerprint density at radius 1 is 1.12 bits per heavy atom. The first-order chi connectivity index (χ1) is 8.45. The van der Waals surface area contributed by atoms with Gasteiger partial charge in [-0.15, -0.1) is 0 Å². The molecule has 0 unspecified atom stereocenters. The highest BCUT2D eigenvalue weighted by Gasteiger charge is 2.21. The Morgan fingerprint density at radius 3 is 2.88 bits per heavy atom. The van der Waals surface area contributed by atoms with Crippen LogP contribution in [0.15, 0.2) is 18.2 Å². The summed E-state index contributed by atoms with van der Waals surface area (Å²) in [7, 11) is 0. The van der Waals surface area contributed by atoms with Gasteiger partial charge in [0.1, 0.15) is 12.4 Å². The normalized spacial score (nSPS) is 21.4. The molecule has 1 aromatic carbocycles. The molecule has 17 heavy (non-hydrogen) atoms. The van der Waals surface area contributed by atoms with Crippen molar-refractivity contribution >= 4 is 0 Å². The van der Waals surface area contributed by atoms with Gasteiger partial charge in [-0.1, -0.05) is 37.5 Å². The van der Waals surface area contributed by atoms with E-state index in [1.165, 1.54) is 49.0 Å². The third-order valence-corrected chi connectivity index (χ3v) is 4.01. The lowest BCUT2D eigenvalue weighted by atomic mass is 9.83. The predicted molar refractivity (Wildman–Crippen MR) is 69.5 cm³/mol. The molecule has 1 aliphatic heterocycles. The van der Waals surface area contributed by atoms with Crippen LogP contribution in [0.2, 0.25) is 0 Å². The molecule has 2 heteroatoms. The van der Waals surface area contributed by atoms with Crippen LogP contribution in [0.25, 0.3) is 0 Å². The number of hydrogen-bond donors (Lipinski definition) is 1. The Bertz CT molecular complexity index is 383. The van der Waals surface area contributed by atoms with E-state index in [9.17, 15) is 0 Å². The zero-order chi connectivity index (χ0) is 11.5. The van der Waals surface area contributed by atoms with E-state index in [-0.39, 0.29) is 0 Å². The summed E-state index contributed by atoms with van der Waals surface area (Å²) in [5, 5.41) is 3.41. The Balaban J connectivity index is 1.92. The van der Waals surface area contributed by atoms with E-state index < -0.39 is 0 Å². The van der Waals surface area contributed by atoms with Crippen molar-refractivity contribution in [1.29, 1.82) is 0 Å². The molecule has 1 fully saturated rings. The topological polar surface area (TPSA) is 21.3 Å². The minimum atomic E-state index is 0.733. The van der Waals surface area contributed by atoms with Crippen LogP contribution in [-0.2, 0) is 6.54 Å². The fourth-order valence-electron chi connectivity index (χ4n) is 3.10. The van der Waals surface area contributed by atoms with Crippen molar-refractivity contribution in [3.8, 4) is 5.75 Å². The fourth-order valence-corrected chi connectivity index (χ4v) is 3.10. The molecule has 0 spiro atoms. The highest BCUT2D eigenvalue weighted by molar-refractivity contribution is 5.44. The second-order valence-electron chi connectivity index (χ2n) is 5.20. The summed E-state index contributed by atoms with van der Waals surface area (Å²) in [4.78, 5) is 0. The number of nitrogens with one attached hydrogen (secondary N) is 1. The maximum atomic E-state index is 5.97. The number of ether oxygens (including phenoxy) is 1. The molecule has 0 radical (unpaired) electrons. The van der Waals surface area contributed by atoms with Crippen molar-refractivity contribution in [3.05, 3.63) is 29.3 Å². The molecular formula is C15H21NO. The van der Waals surface area contributed by atoms with Gasteiger partial charge in [-0.2, -0.15) is 0 Å². The van der Waals surface area contributed by atoms with Crippen LogP contribution in [0.4, 0.5) is 0 Å². The van der Waals surface area contributed by atoms with E-state index in [1.54, 1.807) is 0 Å². The first-order valence-corrected chi connectivity index (χ1v) is 6.90. The Labute approximate surface area is 103 Å². The number of fused-ring (bicyclic) bond motifs is 1. The van der Waals surface area contributed by atoms with Crippen LogP contribution in [0, 0.1) is 0 Å². The maximum Gasteiger partial charge on any atom is 0.127 e. The molecular weight excluding hydrogens is 210 g/mol. The second-order valence-corrected chi connectivity index (χ2v) is 5.20. The van der Waals surface area contributed by atoms with Crippen molar-refractivity contribution in [2.45, 2.75) is 44.6 Å². The summed E-state index contributed by atoms with van der Waals surface area (Å²) >= 11 is 0. The number of hydrogen-bond acceptors (Lipinski definition) is 2. The van der Waals surface area contributed by atoms with Crippen LogP contribution in [0.1, 0.15) is 49.1 Å². The van der Waals surface area contributed by atoms with Crippen LogP contribution in [0.5, 0.6) is 5.75 Å². The first kappa shape index (κ1) is 11.1. The smallest absolute Gasteiger partial charge is 0.127 e. The molecule has 92 valence electrons. The molecule has 0 saturated heterocycles. The van der Waals surface area contributed by atoms with E-state index >= 15 is 0 Å². The highest BCUT2D eigenvalue weighted by atomic mass is 16.5. The fraction of sp³-hybridized carbons (Fsp3) is 0.600. The lowest BCUT2D eigenvalue weighted by Crippen LogP contribution is -2.16. The third kappa shape index (κ3) is 2.32. The van der Waals surface area contributed by atoms with Crippen molar-refractivity contribution in [2.75, 3.05) is 13.2 Å². The zero-order valence-corrected chi connectivity index (χ0v) is 10.4. The number of rotatable bonds is 1. The van der Waals surface area contributed by atoms with Gasteiger partial charge in [0, 0.05) is 18.7 Å². The van der Waals surface area contributed by atoms with Gasteiger partial charge in [0.25, 0.3) is 0 Å². The lowest BCUT2D eigenvalue weighted by molar-refractivity contribution is 0.316. The van der Waals surface area contributed by atoms with Gasteiger partial charge in [0.05, 0.1) is 0 Å². The number of para-hydroxylation sites is 1. The standard InChI is InChI=1S/C15H21NO/c1-2-5-12(6-3-1)14-8-4-7-13-11-16-9-10-17-15(13)14/h4,7-8,12,16H,1-3,5-6,9-11H2. The molecule has 1 heterocycles. The van der Waals surface area contributed by atoms with E-state index in [0.29, 0.717) is 0 Å². The largest absolute Gasteiger partial charge is 0.492 e. The van der Waals surface area contributed by atoms with Crippen molar-refractivity contribution in [1.82, 2.24) is 5.32 Å². The molecule has 0 atom stereocenters. The monoisotopic (exact) mass is 231 g/mol. The Hall–Kier alpha value is -1.02. The van der Waals surface area contributed by atoms with Gasteiger partial charge in [-0.25, -0.2) is 0 Å². The van der Waals surface area contributed by atoms with E-state index in [2.05, 4.69) is 23.5 Å². The molecule has 1 N–H and O–H groups in total. The summed E-state index contributed by atoms with van der Waals surface area (Å²) in [6, 6.07) is 6.67. The van der Waals surface area contributed by atoms with E-state index in [4.69, 9.17) is 4.74 Å². The third-order valence-electron chi connectivity index (χ3n) is 4.01. The summed E-state index contributed by atoms with van der Waals surface area (Å²) < 4.78 is 5.97. The van der Waals surface area contributed by atoms with Crippen LogP contribution < -0.4 is 10.1 Å². The van der Waals surface area contributed by atoms with Crippen molar-refractivity contribution in [3.63, 3.8) is 0 Å². The van der Waals surface area contributed by atoms with Gasteiger partial charge in [-0.05, 0) is 24.3 Å². The summed E-state index contributed by atoms with van der Waals surface area (Å²) in [6.45, 7) is 2.71. The van der Waals surface area contributed by atoms with Crippen LogP contribution in [-0.4, -0.2) is 13.2 Å². The van der Waals surface area contributed by atoms with Crippen molar-refractivity contribution < 1.29 is 4.74 Å². The molecule has 0 amide bonds. The van der Waals surface area contributed by atoms with Gasteiger partial charge in [0.2, 0.25) is 0 Å². The highest BCUT2D eigenvalue weighted by Crippen LogP contribution is 2.39. The average Bonchev–Trinajstić information content (AvgIpc) is 2.64. The number of benzene rings is 1. The summed E-state index contributed by atoms with van der Waals surface area (Å²) in [5.41, 5.74) is 2.80. The quantitative estimate of drug-likeness (QED) is 0.801. The SMILES string of the molecule is c1cc2c(c(C3CCCCC3)c1)OCCNC2. The van der Waals surface area contributed by atoms with Gasteiger partial charge < -0.3 is 10.1 Å². The molecule has 1 aromatic rings. The minimum Gasteiger partial charge on any atom is -0.492 e. The van der Waals surface area contributed by atoms with Gasteiger partial charge in [-0.3, -0.25) is 0 Å². The zero-order valence-electron chi connectivity index (χ0n) is 10.4. The lowest BCUT2D eigenvalue weighted by Gasteiger charge is -2.24. The molecule has 2 aliphatic rings. The summed E-state index contributed by atoms with van der Waals surface area (Å²) in [6.07, 6.45) is 6.85. The molecule has 0 bridgehead atoms. The predicted octanol–water partition coefficient (Wildman–Crippen LogP) is 3.22. The molecule has 1 aliphatic carbocycles. The average molecular weight is 231 g/mol. The first-order valence-electron chi connectivity index (χ1n) is 6.90. The van der Waals surface area contributed by atoms with Crippen LogP contribution >= 0.6 is 0 Å². The summed E-state index contributed by atoms with van der Waals surface area (Å²) in [5.74, 6) is 1.92.